The van der Waals surface area contributed by atoms with E-state index in [1.54, 1.807) is 11.3 Å². The predicted molar refractivity (Wildman–Crippen MR) is 81.0 cm³/mol. The zero-order valence-electron chi connectivity index (χ0n) is 10.7. The highest BCUT2D eigenvalue weighted by atomic mass is 32.1. The molecular formula is C17H14OS. The van der Waals surface area contributed by atoms with E-state index in [1.807, 2.05) is 42.6 Å². The first-order valence-electron chi connectivity index (χ1n) is 6.29. The number of Topliss-reactive ketones (excluding diaryl/α,β-unsaturated/α-hetero) is 1. The fraction of sp³-hybridized carbons (Fsp3) is 0.118. The first-order chi connectivity index (χ1) is 9.24. The fourth-order valence-corrected chi connectivity index (χ4v) is 3.02. The van der Waals surface area contributed by atoms with Gasteiger partial charge in [-0.2, -0.15) is 0 Å². The lowest BCUT2D eigenvalue weighted by Crippen LogP contribution is -2.02. The number of hydrogen-bond acceptors (Lipinski definition) is 2. The predicted octanol–water partition coefficient (Wildman–Crippen LogP) is 4.64. The van der Waals surface area contributed by atoms with Gasteiger partial charge in [0.05, 0.1) is 0 Å². The molecule has 1 nitrogen and oxygen atoms in total. The quantitative estimate of drug-likeness (QED) is 0.631. The van der Waals surface area contributed by atoms with Crippen LogP contribution in [0, 0.1) is 6.92 Å². The van der Waals surface area contributed by atoms with Crippen LogP contribution in [-0.4, -0.2) is 5.78 Å². The van der Waals surface area contributed by atoms with Crippen LogP contribution in [0.15, 0.2) is 53.9 Å². The maximum Gasteiger partial charge on any atom is 0.168 e. The van der Waals surface area contributed by atoms with E-state index in [2.05, 4.69) is 18.2 Å². The zero-order chi connectivity index (χ0) is 13.2. The van der Waals surface area contributed by atoms with Crippen LogP contribution in [0.5, 0.6) is 0 Å². The van der Waals surface area contributed by atoms with E-state index in [4.69, 9.17) is 0 Å². The Balaban J connectivity index is 1.95. The van der Waals surface area contributed by atoms with E-state index >= 15 is 0 Å². The van der Waals surface area contributed by atoms with Gasteiger partial charge in [-0.15, -0.1) is 11.3 Å². The summed E-state index contributed by atoms with van der Waals surface area (Å²) in [4.78, 5) is 13.5. The molecule has 3 rings (SSSR count). The van der Waals surface area contributed by atoms with Crippen LogP contribution in [0.2, 0.25) is 0 Å². The molecule has 0 aliphatic heterocycles. The Kier molecular flexibility index (Phi) is 3.18. The van der Waals surface area contributed by atoms with Gasteiger partial charge >= 0.3 is 0 Å². The van der Waals surface area contributed by atoms with Crippen LogP contribution >= 0.6 is 11.3 Å². The first kappa shape index (κ1) is 12.1. The van der Waals surface area contributed by atoms with Gasteiger partial charge < -0.3 is 0 Å². The number of hydrogen-bond donors (Lipinski definition) is 0. The Morgan fingerprint density at radius 2 is 1.89 bits per heavy atom. The van der Waals surface area contributed by atoms with Gasteiger partial charge in [-0.3, -0.25) is 4.79 Å². The largest absolute Gasteiger partial charge is 0.294 e. The number of carbonyl (C=O) groups is 1. The molecule has 0 amide bonds. The van der Waals surface area contributed by atoms with Crippen LogP contribution < -0.4 is 0 Å². The number of carbonyl (C=O) groups excluding carboxylic acids is 1. The van der Waals surface area contributed by atoms with E-state index in [1.165, 1.54) is 15.6 Å². The molecule has 0 saturated carbocycles. The van der Waals surface area contributed by atoms with Crippen LogP contribution in [0.1, 0.15) is 20.8 Å². The second kappa shape index (κ2) is 4.98. The summed E-state index contributed by atoms with van der Waals surface area (Å²) >= 11 is 1.63. The van der Waals surface area contributed by atoms with E-state index in [9.17, 15) is 4.79 Å². The lowest BCUT2D eigenvalue weighted by atomic mass is 9.99. The number of aryl methyl sites for hydroxylation is 1. The second-order valence-corrected chi connectivity index (χ2v) is 5.80. The fourth-order valence-electron chi connectivity index (χ4n) is 2.31. The van der Waals surface area contributed by atoms with E-state index < -0.39 is 0 Å². The molecular weight excluding hydrogens is 252 g/mol. The van der Waals surface area contributed by atoms with Crippen molar-refractivity contribution in [3.8, 4) is 0 Å². The molecule has 0 aliphatic carbocycles. The summed E-state index contributed by atoms with van der Waals surface area (Å²) in [5.74, 6) is 0.195. The molecule has 0 bridgehead atoms. The number of rotatable bonds is 3. The van der Waals surface area contributed by atoms with Crippen LogP contribution in [0.25, 0.3) is 10.8 Å². The van der Waals surface area contributed by atoms with Crippen LogP contribution in [-0.2, 0) is 6.42 Å². The summed E-state index contributed by atoms with van der Waals surface area (Å²) in [5, 5.41) is 4.31. The van der Waals surface area contributed by atoms with Crippen molar-refractivity contribution < 1.29 is 4.79 Å². The topological polar surface area (TPSA) is 17.1 Å². The molecule has 2 heteroatoms. The van der Waals surface area contributed by atoms with Gasteiger partial charge in [0, 0.05) is 22.2 Å². The standard InChI is InChI=1S/C17H14OS/c1-12-9-15(11-19-12)17(18)10-14-7-4-6-13-5-2-3-8-16(13)14/h2-9,11H,10H2,1H3. The lowest BCUT2D eigenvalue weighted by Gasteiger charge is -2.05. The Morgan fingerprint density at radius 1 is 1.11 bits per heavy atom. The highest BCUT2D eigenvalue weighted by molar-refractivity contribution is 7.10. The molecule has 0 unspecified atom stereocenters. The Hall–Kier alpha value is -1.93. The monoisotopic (exact) mass is 266 g/mol. The van der Waals surface area contributed by atoms with Gasteiger partial charge in [0.25, 0.3) is 0 Å². The molecule has 0 atom stereocenters. The van der Waals surface area contributed by atoms with Crippen molar-refractivity contribution in [1.82, 2.24) is 0 Å². The van der Waals surface area contributed by atoms with Crippen molar-refractivity contribution in [2.45, 2.75) is 13.3 Å². The molecule has 0 saturated heterocycles. The average Bonchev–Trinajstić information content (AvgIpc) is 2.86. The lowest BCUT2D eigenvalue weighted by molar-refractivity contribution is 0.0993. The summed E-state index contributed by atoms with van der Waals surface area (Å²) in [6.45, 7) is 2.03. The smallest absolute Gasteiger partial charge is 0.168 e. The van der Waals surface area contributed by atoms with Crippen molar-refractivity contribution in [3.63, 3.8) is 0 Å². The maximum atomic E-state index is 12.3. The minimum Gasteiger partial charge on any atom is -0.294 e. The summed E-state index contributed by atoms with van der Waals surface area (Å²) in [6.07, 6.45) is 0.470. The SMILES string of the molecule is Cc1cc(C(=O)Cc2cccc3ccccc23)cs1. The van der Waals surface area contributed by atoms with E-state index in [-0.39, 0.29) is 5.78 Å². The zero-order valence-corrected chi connectivity index (χ0v) is 11.5. The first-order valence-corrected chi connectivity index (χ1v) is 7.17. The highest BCUT2D eigenvalue weighted by Crippen LogP contribution is 2.21. The molecule has 0 radical (unpaired) electrons. The minimum absolute atomic E-state index is 0.195. The van der Waals surface area contributed by atoms with Crippen molar-refractivity contribution in [2.24, 2.45) is 0 Å². The third-order valence-corrected chi connectivity index (χ3v) is 4.14. The average molecular weight is 266 g/mol. The molecule has 1 aromatic heterocycles. The van der Waals surface area contributed by atoms with Gasteiger partial charge in [-0.1, -0.05) is 42.5 Å². The van der Waals surface area contributed by atoms with E-state index in [0.29, 0.717) is 6.42 Å². The Labute approximate surface area is 116 Å². The minimum atomic E-state index is 0.195. The molecule has 0 N–H and O–H groups in total. The Bertz CT molecular complexity index is 734. The summed E-state index contributed by atoms with van der Waals surface area (Å²) in [6, 6.07) is 16.3. The normalized spacial score (nSPS) is 10.8. The molecule has 3 aromatic rings. The number of benzene rings is 2. The molecule has 2 aromatic carbocycles. The van der Waals surface area contributed by atoms with Crippen molar-refractivity contribution in [2.75, 3.05) is 0 Å². The summed E-state index contributed by atoms with van der Waals surface area (Å²) in [7, 11) is 0. The van der Waals surface area contributed by atoms with Crippen molar-refractivity contribution in [1.29, 1.82) is 0 Å². The van der Waals surface area contributed by atoms with Crippen molar-refractivity contribution >= 4 is 27.9 Å². The Morgan fingerprint density at radius 3 is 2.68 bits per heavy atom. The maximum absolute atomic E-state index is 12.3. The third-order valence-electron chi connectivity index (χ3n) is 3.28. The van der Waals surface area contributed by atoms with E-state index in [0.717, 1.165) is 11.1 Å². The molecule has 0 fully saturated rings. The molecule has 19 heavy (non-hydrogen) atoms. The van der Waals surface area contributed by atoms with Gasteiger partial charge in [-0.25, -0.2) is 0 Å². The summed E-state index contributed by atoms with van der Waals surface area (Å²) in [5.41, 5.74) is 1.93. The van der Waals surface area contributed by atoms with Crippen LogP contribution in [0.3, 0.4) is 0 Å². The van der Waals surface area contributed by atoms with Gasteiger partial charge in [-0.05, 0) is 29.3 Å². The molecule has 1 heterocycles. The third kappa shape index (κ3) is 2.45. The molecule has 94 valence electrons. The number of fused-ring (bicyclic) bond motifs is 1. The van der Waals surface area contributed by atoms with Crippen LogP contribution in [0.4, 0.5) is 0 Å². The highest BCUT2D eigenvalue weighted by Gasteiger charge is 2.10. The van der Waals surface area contributed by atoms with Gasteiger partial charge in [0.15, 0.2) is 5.78 Å². The number of ketones is 1. The second-order valence-electron chi connectivity index (χ2n) is 4.68. The van der Waals surface area contributed by atoms with Gasteiger partial charge in [0.2, 0.25) is 0 Å². The summed E-state index contributed by atoms with van der Waals surface area (Å²) < 4.78 is 0. The molecule has 0 aliphatic rings. The van der Waals surface area contributed by atoms with Gasteiger partial charge in [0.1, 0.15) is 0 Å². The van der Waals surface area contributed by atoms with Crippen molar-refractivity contribution in [3.05, 3.63) is 69.9 Å². The molecule has 0 spiro atoms. The number of thiophene rings is 1.